The summed E-state index contributed by atoms with van der Waals surface area (Å²) in [6.07, 6.45) is 4.56. The number of ether oxygens (including phenoxy) is 1. The van der Waals surface area contributed by atoms with Gasteiger partial charge in [-0.2, -0.15) is 0 Å². The van der Waals surface area contributed by atoms with Crippen molar-refractivity contribution in [3.05, 3.63) is 0 Å². The summed E-state index contributed by atoms with van der Waals surface area (Å²) in [6.45, 7) is 6.93. The SMILES string of the molecule is CC(C)CC1NC(=O)CCN(CCCOCC2CC2)C1=O. The summed E-state index contributed by atoms with van der Waals surface area (Å²) >= 11 is 0. The first-order chi connectivity index (χ1) is 10.1. The Bertz CT molecular complexity index is 367. The van der Waals surface area contributed by atoms with Crippen LogP contribution in [0.1, 0.15) is 46.0 Å². The van der Waals surface area contributed by atoms with Gasteiger partial charge in [0.1, 0.15) is 6.04 Å². The van der Waals surface area contributed by atoms with E-state index in [9.17, 15) is 9.59 Å². The minimum Gasteiger partial charge on any atom is -0.381 e. The van der Waals surface area contributed by atoms with Gasteiger partial charge in [0, 0.05) is 32.7 Å². The Morgan fingerprint density at radius 3 is 2.76 bits per heavy atom. The van der Waals surface area contributed by atoms with Crippen molar-refractivity contribution in [3.8, 4) is 0 Å². The Labute approximate surface area is 127 Å². The summed E-state index contributed by atoms with van der Waals surface area (Å²) in [5.74, 6) is 1.22. The minimum atomic E-state index is -0.354. The molecule has 1 atom stereocenters. The summed E-state index contributed by atoms with van der Waals surface area (Å²) in [7, 11) is 0. The van der Waals surface area contributed by atoms with Crippen molar-refractivity contribution in [1.29, 1.82) is 0 Å². The van der Waals surface area contributed by atoms with Gasteiger partial charge < -0.3 is 15.0 Å². The zero-order chi connectivity index (χ0) is 15.2. The number of carbonyl (C=O) groups is 2. The molecular weight excluding hydrogens is 268 g/mol. The third-order valence-corrected chi connectivity index (χ3v) is 4.03. The highest BCUT2D eigenvalue weighted by atomic mass is 16.5. The second kappa shape index (κ2) is 7.78. The lowest BCUT2D eigenvalue weighted by molar-refractivity contribution is -0.134. The average Bonchev–Trinajstić information content (AvgIpc) is 3.23. The molecule has 2 rings (SSSR count). The van der Waals surface area contributed by atoms with E-state index < -0.39 is 0 Å². The summed E-state index contributed by atoms with van der Waals surface area (Å²) in [6, 6.07) is -0.354. The van der Waals surface area contributed by atoms with Crippen LogP contribution in [0, 0.1) is 11.8 Å². The molecule has 120 valence electrons. The molecule has 1 N–H and O–H groups in total. The Morgan fingerprint density at radius 1 is 1.33 bits per heavy atom. The van der Waals surface area contributed by atoms with Crippen LogP contribution in [0.5, 0.6) is 0 Å². The zero-order valence-corrected chi connectivity index (χ0v) is 13.3. The first kappa shape index (κ1) is 16.3. The standard InChI is InChI=1S/C16H28N2O3/c1-12(2)10-14-16(20)18(8-6-15(19)17-14)7-3-9-21-11-13-4-5-13/h12-14H,3-11H2,1-2H3,(H,17,19). The molecule has 5 heteroatoms. The fourth-order valence-electron chi connectivity index (χ4n) is 2.64. The van der Waals surface area contributed by atoms with E-state index in [1.54, 1.807) is 0 Å². The summed E-state index contributed by atoms with van der Waals surface area (Å²) in [4.78, 5) is 26.0. The minimum absolute atomic E-state index is 0.0125. The van der Waals surface area contributed by atoms with Gasteiger partial charge in [0.25, 0.3) is 0 Å². The van der Waals surface area contributed by atoms with E-state index in [1.165, 1.54) is 12.8 Å². The Balaban J connectivity index is 1.75. The number of carbonyl (C=O) groups excluding carboxylic acids is 2. The molecule has 0 aromatic heterocycles. The normalized spacial score (nSPS) is 23.4. The van der Waals surface area contributed by atoms with Gasteiger partial charge in [-0.15, -0.1) is 0 Å². The third kappa shape index (κ3) is 5.65. The molecule has 5 nitrogen and oxygen atoms in total. The largest absolute Gasteiger partial charge is 0.381 e. The van der Waals surface area contributed by atoms with Gasteiger partial charge in [0.15, 0.2) is 0 Å². The molecule has 2 fully saturated rings. The van der Waals surface area contributed by atoms with Gasteiger partial charge >= 0.3 is 0 Å². The van der Waals surface area contributed by atoms with Crippen LogP contribution in [-0.2, 0) is 14.3 Å². The monoisotopic (exact) mass is 296 g/mol. The third-order valence-electron chi connectivity index (χ3n) is 4.03. The van der Waals surface area contributed by atoms with Crippen LogP contribution in [0.25, 0.3) is 0 Å². The first-order valence-corrected chi connectivity index (χ1v) is 8.22. The molecule has 2 amide bonds. The van der Waals surface area contributed by atoms with Gasteiger partial charge in [-0.1, -0.05) is 13.8 Å². The Morgan fingerprint density at radius 2 is 2.10 bits per heavy atom. The lowest BCUT2D eigenvalue weighted by Crippen LogP contribution is -2.45. The molecule has 1 unspecified atom stereocenters. The number of amides is 2. The molecule has 0 bridgehead atoms. The molecule has 0 radical (unpaired) electrons. The van der Waals surface area contributed by atoms with E-state index in [0.717, 1.165) is 18.9 Å². The van der Waals surface area contributed by atoms with E-state index >= 15 is 0 Å². The highest BCUT2D eigenvalue weighted by Crippen LogP contribution is 2.28. The highest BCUT2D eigenvalue weighted by Gasteiger charge is 2.29. The molecule has 1 saturated heterocycles. The van der Waals surface area contributed by atoms with Gasteiger partial charge in [0.2, 0.25) is 11.8 Å². The summed E-state index contributed by atoms with van der Waals surface area (Å²) < 4.78 is 5.61. The van der Waals surface area contributed by atoms with Gasteiger partial charge in [-0.05, 0) is 37.5 Å². The average molecular weight is 296 g/mol. The molecular formula is C16H28N2O3. The van der Waals surface area contributed by atoms with Crippen molar-refractivity contribution in [1.82, 2.24) is 10.2 Å². The molecule has 0 aromatic carbocycles. The molecule has 1 heterocycles. The summed E-state index contributed by atoms with van der Waals surface area (Å²) in [5, 5.41) is 2.85. The van der Waals surface area contributed by atoms with E-state index in [1.807, 2.05) is 4.90 Å². The van der Waals surface area contributed by atoms with Gasteiger partial charge in [-0.3, -0.25) is 9.59 Å². The van der Waals surface area contributed by atoms with Crippen molar-refractivity contribution >= 4 is 11.8 Å². The first-order valence-electron chi connectivity index (χ1n) is 8.22. The van der Waals surface area contributed by atoms with Crippen LogP contribution in [0.4, 0.5) is 0 Å². The van der Waals surface area contributed by atoms with Gasteiger partial charge in [0.05, 0.1) is 0 Å². The highest BCUT2D eigenvalue weighted by molar-refractivity contribution is 5.89. The number of hydrogen-bond donors (Lipinski definition) is 1. The Kier molecular flexibility index (Phi) is 6.03. The van der Waals surface area contributed by atoms with Crippen LogP contribution in [-0.4, -0.2) is 49.1 Å². The second-order valence-corrected chi connectivity index (χ2v) is 6.70. The molecule has 21 heavy (non-hydrogen) atoms. The van der Waals surface area contributed by atoms with Crippen molar-refractivity contribution in [2.45, 2.75) is 52.0 Å². The van der Waals surface area contributed by atoms with Crippen LogP contribution in [0.2, 0.25) is 0 Å². The molecule has 0 aromatic rings. The van der Waals surface area contributed by atoms with E-state index in [2.05, 4.69) is 19.2 Å². The predicted octanol–water partition coefficient (Wildman–Crippen LogP) is 1.57. The molecule has 2 aliphatic rings. The van der Waals surface area contributed by atoms with Crippen molar-refractivity contribution in [2.24, 2.45) is 11.8 Å². The second-order valence-electron chi connectivity index (χ2n) is 6.70. The van der Waals surface area contributed by atoms with E-state index in [4.69, 9.17) is 4.74 Å². The molecule has 1 aliphatic carbocycles. The molecule has 0 spiro atoms. The topological polar surface area (TPSA) is 58.6 Å². The Hall–Kier alpha value is -1.10. The number of nitrogens with zero attached hydrogens (tertiary/aromatic N) is 1. The maximum atomic E-state index is 12.5. The number of rotatable bonds is 8. The maximum Gasteiger partial charge on any atom is 0.245 e. The molecule has 1 aliphatic heterocycles. The van der Waals surface area contributed by atoms with Crippen LogP contribution < -0.4 is 5.32 Å². The zero-order valence-electron chi connectivity index (χ0n) is 13.3. The number of nitrogens with one attached hydrogen (secondary N) is 1. The number of hydrogen-bond acceptors (Lipinski definition) is 3. The van der Waals surface area contributed by atoms with E-state index in [-0.39, 0.29) is 17.9 Å². The van der Waals surface area contributed by atoms with Crippen LogP contribution in [0.15, 0.2) is 0 Å². The summed E-state index contributed by atoms with van der Waals surface area (Å²) in [5.41, 5.74) is 0. The smallest absolute Gasteiger partial charge is 0.245 e. The van der Waals surface area contributed by atoms with Crippen molar-refractivity contribution in [3.63, 3.8) is 0 Å². The van der Waals surface area contributed by atoms with Gasteiger partial charge in [-0.25, -0.2) is 0 Å². The maximum absolute atomic E-state index is 12.5. The molecule has 1 saturated carbocycles. The fraction of sp³-hybridized carbons (Fsp3) is 0.875. The quantitative estimate of drug-likeness (QED) is 0.692. The van der Waals surface area contributed by atoms with Crippen molar-refractivity contribution < 1.29 is 14.3 Å². The fourth-order valence-corrected chi connectivity index (χ4v) is 2.64. The van der Waals surface area contributed by atoms with Crippen LogP contribution >= 0.6 is 0 Å². The van der Waals surface area contributed by atoms with E-state index in [0.29, 0.717) is 38.5 Å². The lowest BCUT2D eigenvalue weighted by atomic mass is 10.0. The lowest BCUT2D eigenvalue weighted by Gasteiger charge is -2.25. The van der Waals surface area contributed by atoms with Crippen molar-refractivity contribution in [2.75, 3.05) is 26.3 Å². The predicted molar refractivity (Wildman–Crippen MR) is 80.7 cm³/mol. The van der Waals surface area contributed by atoms with Crippen LogP contribution in [0.3, 0.4) is 0 Å².